The van der Waals surface area contributed by atoms with Crippen molar-refractivity contribution < 1.29 is 13.5 Å². The van der Waals surface area contributed by atoms with Gasteiger partial charge in [-0.25, -0.2) is 8.78 Å². The molecule has 0 fully saturated rings. The van der Waals surface area contributed by atoms with E-state index in [2.05, 4.69) is 21.9 Å². The van der Waals surface area contributed by atoms with Gasteiger partial charge in [0.05, 0.1) is 15.7 Å². The van der Waals surface area contributed by atoms with Crippen LogP contribution in [0.4, 0.5) is 8.78 Å². The first-order chi connectivity index (χ1) is 10.5. The molecule has 2 rings (SSSR count). The lowest BCUT2D eigenvalue weighted by atomic mass is 10.1. The number of nitrogens with zero attached hydrogens (tertiary/aromatic N) is 1. The van der Waals surface area contributed by atoms with Gasteiger partial charge in [0.1, 0.15) is 24.0 Å². The first-order valence-corrected chi connectivity index (χ1v) is 7.24. The summed E-state index contributed by atoms with van der Waals surface area (Å²) in [5, 5.41) is 0. The Morgan fingerprint density at radius 3 is 2.50 bits per heavy atom. The van der Waals surface area contributed by atoms with E-state index in [1.54, 1.807) is 6.92 Å². The van der Waals surface area contributed by atoms with Gasteiger partial charge in [-0.05, 0) is 35.0 Å². The fourth-order valence-electron chi connectivity index (χ4n) is 2.09. The van der Waals surface area contributed by atoms with Crippen LogP contribution in [-0.2, 0) is 6.54 Å². The Kier molecular flexibility index (Phi) is 4.99. The highest BCUT2D eigenvalue weighted by Gasteiger charge is 2.18. The summed E-state index contributed by atoms with van der Waals surface area (Å²) in [6.07, 6.45) is 5.04. The predicted molar refractivity (Wildman–Crippen MR) is 83.8 cm³/mol. The van der Waals surface area contributed by atoms with E-state index >= 15 is 0 Å². The molecule has 0 amide bonds. The first kappa shape index (κ1) is 16.2. The smallest absolute Gasteiger partial charge is 0.265 e. The maximum absolute atomic E-state index is 14.3. The lowest BCUT2D eigenvalue weighted by molar-refractivity contribution is 0.365. The summed E-state index contributed by atoms with van der Waals surface area (Å²) in [6.45, 7) is 1.91. The van der Waals surface area contributed by atoms with Crippen LogP contribution in [0.25, 0.3) is 11.3 Å². The summed E-state index contributed by atoms with van der Waals surface area (Å²) in [6, 6.07) is 5.04. The quantitative estimate of drug-likeness (QED) is 0.773. The van der Waals surface area contributed by atoms with Crippen LogP contribution in [0.2, 0.25) is 0 Å². The molecule has 0 unspecified atom stereocenters. The minimum atomic E-state index is -0.823. The van der Waals surface area contributed by atoms with Gasteiger partial charge in [-0.3, -0.25) is 4.79 Å². The van der Waals surface area contributed by atoms with Gasteiger partial charge in [0.15, 0.2) is 0 Å². The van der Waals surface area contributed by atoms with E-state index in [9.17, 15) is 13.6 Å². The zero-order valence-corrected chi connectivity index (χ0v) is 13.3. The number of aromatic nitrogens is 1. The SMILES string of the molecule is C#CCOc1cc(F)c(-c2ccc(Br)c(=O)n2CC)c(F)c1. The van der Waals surface area contributed by atoms with Gasteiger partial charge < -0.3 is 9.30 Å². The monoisotopic (exact) mass is 367 g/mol. The number of hydrogen-bond acceptors (Lipinski definition) is 2. The zero-order chi connectivity index (χ0) is 16.3. The van der Waals surface area contributed by atoms with E-state index < -0.39 is 11.6 Å². The Hall–Kier alpha value is -2.13. The van der Waals surface area contributed by atoms with E-state index in [0.717, 1.165) is 12.1 Å². The number of halogens is 3. The second-order valence-electron chi connectivity index (χ2n) is 4.37. The van der Waals surface area contributed by atoms with Crippen LogP contribution in [0.1, 0.15) is 6.92 Å². The van der Waals surface area contributed by atoms with Crippen molar-refractivity contribution in [1.82, 2.24) is 4.57 Å². The van der Waals surface area contributed by atoms with Crippen LogP contribution < -0.4 is 10.3 Å². The van der Waals surface area contributed by atoms with Crippen molar-refractivity contribution in [3.8, 4) is 29.4 Å². The molecule has 1 heterocycles. The summed E-state index contributed by atoms with van der Waals surface area (Å²) in [5.41, 5.74) is -0.472. The van der Waals surface area contributed by atoms with Gasteiger partial charge in [-0.1, -0.05) is 5.92 Å². The standard InChI is InChI=1S/C16H12BrF2NO2/c1-3-7-22-10-8-12(18)15(13(19)9-10)14-6-5-11(17)16(21)20(14)4-2/h1,5-6,8-9H,4,7H2,2H3. The summed E-state index contributed by atoms with van der Waals surface area (Å²) in [5.74, 6) is 0.568. The summed E-state index contributed by atoms with van der Waals surface area (Å²) in [7, 11) is 0. The third-order valence-electron chi connectivity index (χ3n) is 3.04. The Labute approximate surface area is 134 Å². The molecule has 3 nitrogen and oxygen atoms in total. The molecular formula is C16H12BrF2NO2. The number of benzene rings is 1. The molecule has 0 atom stereocenters. The second kappa shape index (κ2) is 6.75. The molecule has 1 aromatic carbocycles. The second-order valence-corrected chi connectivity index (χ2v) is 5.22. The van der Waals surface area contributed by atoms with Crippen molar-refractivity contribution in [2.75, 3.05) is 6.61 Å². The minimum Gasteiger partial charge on any atom is -0.481 e. The highest BCUT2D eigenvalue weighted by Crippen LogP contribution is 2.29. The third-order valence-corrected chi connectivity index (χ3v) is 3.64. The van der Waals surface area contributed by atoms with Gasteiger partial charge in [-0.2, -0.15) is 0 Å². The molecule has 2 aromatic rings. The van der Waals surface area contributed by atoms with Crippen LogP contribution in [0.15, 0.2) is 33.5 Å². The molecule has 22 heavy (non-hydrogen) atoms. The molecule has 0 aliphatic rings. The van der Waals surface area contributed by atoms with E-state index in [1.165, 1.54) is 16.7 Å². The molecule has 1 aromatic heterocycles. The van der Waals surface area contributed by atoms with Crippen molar-refractivity contribution in [3.63, 3.8) is 0 Å². The van der Waals surface area contributed by atoms with Crippen LogP contribution >= 0.6 is 15.9 Å². The van der Waals surface area contributed by atoms with Crippen molar-refractivity contribution in [2.45, 2.75) is 13.5 Å². The van der Waals surface area contributed by atoms with Crippen molar-refractivity contribution in [1.29, 1.82) is 0 Å². The average molecular weight is 368 g/mol. The number of rotatable bonds is 4. The fourth-order valence-corrected chi connectivity index (χ4v) is 2.43. The van der Waals surface area contributed by atoms with E-state index in [4.69, 9.17) is 11.2 Å². The van der Waals surface area contributed by atoms with Crippen molar-refractivity contribution in [2.24, 2.45) is 0 Å². The lowest BCUT2D eigenvalue weighted by Crippen LogP contribution is -2.21. The van der Waals surface area contributed by atoms with E-state index in [1.807, 2.05) is 0 Å². The molecule has 0 aliphatic carbocycles. The van der Waals surface area contributed by atoms with Gasteiger partial charge in [0, 0.05) is 18.7 Å². The third kappa shape index (κ3) is 3.04. The number of hydrogen-bond donors (Lipinski definition) is 0. The Morgan fingerprint density at radius 2 is 1.95 bits per heavy atom. The normalized spacial score (nSPS) is 10.3. The van der Waals surface area contributed by atoms with Gasteiger partial charge in [-0.15, -0.1) is 6.42 Å². The Balaban J connectivity index is 2.62. The molecule has 0 spiro atoms. The number of ether oxygens (including phenoxy) is 1. The summed E-state index contributed by atoms with van der Waals surface area (Å²) in [4.78, 5) is 12.0. The van der Waals surface area contributed by atoms with Crippen LogP contribution in [0.3, 0.4) is 0 Å². The van der Waals surface area contributed by atoms with Crippen LogP contribution in [-0.4, -0.2) is 11.2 Å². The zero-order valence-electron chi connectivity index (χ0n) is 11.7. The average Bonchev–Trinajstić information content (AvgIpc) is 2.48. The summed E-state index contributed by atoms with van der Waals surface area (Å²) >= 11 is 3.11. The molecular weight excluding hydrogens is 356 g/mol. The van der Waals surface area contributed by atoms with Gasteiger partial charge >= 0.3 is 0 Å². The number of terminal acetylenes is 1. The Bertz CT molecular complexity index is 786. The topological polar surface area (TPSA) is 31.2 Å². The largest absolute Gasteiger partial charge is 0.481 e. The van der Waals surface area contributed by atoms with Crippen LogP contribution in [0.5, 0.6) is 5.75 Å². The fraction of sp³-hybridized carbons (Fsp3) is 0.188. The van der Waals surface area contributed by atoms with Crippen molar-refractivity contribution >= 4 is 15.9 Å². The minimum absolute atomic E-state index is 0.000734. The molecule has 114 valence electrons. The maximum atomic E-state index is 14.3. The molecule has 0 bridgehead atoms. The highest BCUT2D eigenvalue weighted by molar-refractivity contribution is 9.10. The molecule has 0 saturated carbocycles. The molecule has 0 saturated heterocycles. The predicted octanol–water partition coefficient (Wildman–Crippen LogP) is 3.59. The van der Waals surface area contributed by atoms with Gasteiger partial charge in [0.25, 0.3) is 5.56 Å². The molecule has 0 N–H and O–H groups in total. The van der Waals surface area contributed by atoms with E-state index in [0.29, 0.717) is 4.47 Å². The maximum Gasteiger partial charge on any atom is 0.265 e. The van der Waals surface area contributed by atoms with Crippen LogP contribution in [0, 0.1) is 24.0 Å². The van der Waals surface area contributed by atoms with Gasteiger partial charge in [0.2, 0.25) is 0 Å². The lowest BCUT2D eigenvalue weighted by Gasteiger charge is -2.14. The van der Waals surface area contributed by atoms with Crippen molar-refractivity contribution in [3.05, 3.63) is 50.7 Å². The Morgan fingerprint density at radius 1 is 1.32 bits per heavy atom. The first-order valence-electron chi connectivity index (χ1n) is 6.44. The number of pyridine rings is 1. The molecule has 0 radical (unpaired) electrons. The summed E-state index contributed by atoms with van der Waals surface area (Å²) < 4.78 is 35.2. The molecule has 6 heteroatoms. The highest BCUT2D eigenvalue weighted by atomic mass is 79.9. The van der Waals surface area contributed by atoms with E-state index in [-0.39, 0.29) is 35.7 Å². The molecule has 0 aliphatic heterocycles.